The fourth-order valence-electron chi connectivity index (χ4n) is 2.50. The maximum atomic E-state index is 5.23. The van der Waals surface area contributed by atoms with Crippen molar-refractivity contribution in [2.45, 2.75) is 6.42 Å². The third-order valence-electron chi connectivity index (χ3n) is 3.89. The van der Waals surface area contributed by atoms with Gasteiger partial charge in [0.05, 0.1) is 14.2 Å². The van der Waals surface area contributed by atoms with Crippen LogP contribution in [0.5, 0.6) is 11.5 Å². The van der Waals surface area contributed by atoms with E-state index in [0.29, 0.717) is 0 Å². The van der Waals surface area contributed by atoms with Gasteiger partial charge >= 0.3 is 0 Å². The van der Waals surface area contributed by atoms with Gasteiger partial charge in [-0.2, -0.15) is 0 Å². The fourth-order valence-corrected chi connectivity index (χ4v) is 2.50. The number of ether oxygens (including phenoxy) is 2. The number of benzene rings is 2. The molecule has 0 atom stereocenters. The minimum Gasteiger partial charge on any atom is -0.497 e. The van der Waals surface area contributed by atoms with Crippen molar-refractivity contribution in [2.24, 2.45) is 0 Å². The van der Waals surface area contributed by atoms with Crippen LogP contribution in [-0.2, 0) is 6.42 Å². The first-order chi connectivity index (χ1) is 12.8. The molecule has 0 bridgehead atoms. The summed E-state index contributed by atoms with van der Waals surface area (Å²) in [5.74, 6) is 3.16. The Morgan fingerprint density at radius 3 is 2.38 bits per heavy atom. The number of aromatic nitrogens is 2. The Morgan fingerprint density at radius 1 is 0.846 bits per heavy atom. The van der Waals surface area contributed by atoms with Gasteiger partial charge < -0.3 is 20.1 Å². The second-order valence-electron chi connectivity index (χ2n) is 5.67. The Labute approximate surface area is 153 Å². The van der Waals surface area contributed by atoms with E-state index in [4.69, 9.17) is 9.47 Å². The quantitative estimate of drug-likeness (QED) is 0.642. The van der Waals surface area contributed by atoms with E-state index in [1.807, 2.05) is 42.5 Å². The zero-order valence-corrected chi connectivity index (χ0v) is 14.9. The Kier molecular flexibility index (Phi) is 5.88. The highest BCUT2D eigenvalue weighted by Crippen LogP contribution is 2.21. The monoisotopic (exact) mass is 350 g/mol. The predicted octanol–water partition coefficient (Wildman–Crippen LogP) is 3.89. The second-order valence-corrected chi connectivity index (χ2v) is 5.67. The lowest BCUT2D eigenvalue weighted by Crippen LogP contribution is -2.07. The summed E-state index contributed by atoms with van der Waals surface area (Å²) in [6.45, 7) is 0.780. The zero-order valence-electron chi connectivity index (χ0n) is 14.9. The number of hydrogen-bond acceptors (Lipinski definition) is 6. The van der Waals surface area contributed by atoms with Gasteiger partial charge in [-0.05, 0) is 36.2 Å². The molecule has 1 heterocycles. The van der Waals surface area contributed by atoms with Crippen LogP contribution in [0.2, 0.25) is 0 Å². The number of methoxy groups -OCH3 is 2. The smallest absolute Gasteiger partial charge is 0.135 e. The maximum Gasteiger partial charge on any atom is 0.135 e. The Balaban J connectivity index is 1.56. The molecule has 2 aromatic carbocycles. The first kappa shape index (κ1) is 17.5. The van der Waals surface area contributed by atoms with Crippen LogP contribution >= 0.6 is 0 Å². The average Bonchev–Trinajstić information content (AvgIpc) is 2.69. The minimum atomic E-state index is 0.722. The van der Waals surface area contributed by atoms with Crippen molar-refractivity contribution in [2.75, 3.05) is 31.4 Å². The lowest BCUT2D eigenvalue weighted by atomic mass is 10.1. The molecule has 3 aromatic rings. The maximum absolute atomic E-state index is 5.23. The molecule has 0 aliphatic carbocycles. The summed E-state index contributed by atoms with van der Waals surface area (Å²) in [6.07, 6.45) is 2.44. The molecule has 0 spiro atoms. The molecule has 0 saturated heterocycles. The minimum absolute atomic E-state index is 0.722. The summed E-state index contributed by atoms with van der Waals surface area (Å²) in [5.41, 5.74) is 2.15. The van der Waals surface area contributed by atoms with E-state index in [2.05, 4.69) is 32.7 Å². The van der Waals surface area contributed by atoms with Crippen molar-refractivity contribution in [3.8, 4) is 11.5 Å². The molecule has 1 aromatic heterocycles. The summed E-state index contributed by atoms with van der Waals surface area (Å²) < 4.78 is 10.4. The molecule has 0 radical (unpaired) electrons. The van der Waals surface area contributed by atoms with Gasteiger partial charge in [-0.15, -0.1) is 0 Å². The SMILES string of the molecule is COc1ccc(CCNc2cc(Nc3cccc(OC)c3)ncn2)cc1. The van der Waals surface area contributed by atoms with Crippen molar-refractivity contribution in [3.05, 3.63) is 66.5 Å². The molecule has 0 saturated carbocycles. The van der Waals surface area contributed by atoms with Crippen molar-refractivity contribution in [3.63, 3.8) is 0 Å². The summed E-state index contributed by atoms with van der Waals surface area (Å²) in [6, 6.07) is 17.7. The van der Waals surface area contributed by atoms with Crippen molar-refractivity contribution < 1.29 is 9.47 Å². The molecule has 0 unspecified atom stereocenters. The van der Waals surface area contributed by atoms with E-state index in [1.54, 1.807) is 14.2 Å². The Morgan fingerprint density at radius 2 is 1.62 bits per heavy atom. The van der Waals surface area contributed by atoms with E-state index in [9.17, 15) is 0 Å². The number of anilines is 3. The van der Waals surface area contributed by atoms with Gasteiger partial charge in [0, 0.05) is 24.4 Å². The fraction of sp³-hybridized carbons (Fsp3) is 0.200. The van der Waals surface area contributed by atoms with Gasteiger partial charge in [-0.1, -0.05) is 18.2 Å². The molecular formula is C20H22N4O2. The number of nitrogens with zero attached hydrogens (tertiary/aromatic N) is 2. The molecule has 0 fully saturated rings. The molecule has 2 N–H and O–H groups in total. The van der Waals surface area contributed by atoms with Gasteiger partial charge in [-0.3, -0.25) is 0 Å². The normalized spacial score (nSPS) is 10.2. The lowest BCUT2D eigenvalue weighted by molar-refractivity contribution is 0.414. The molecule has 0 amide bonds. The van der Waals surface area contributed by atoms with Crippen LogP contribution in [0, 0.1) is 0 Å². The van der Waals surface area contributed by atoms with Crippen molar-refractivity contribution in [1.29, 1.82) is 0 Å². The Bertz CT molecular complexity index is 837. The molecule has 6 nitrogen and oxygen atoms in total. The van der Waals surface area contributed by atoms with E-state index < -0.39 is 0 Å². The molecule has 6 heteroatoms. The highest BCUT2D eigenvalue weighted by Gasteiger charge is 2.01. The van der Waals surface area contributed by atoms with Crippen LogP contribution < -0.4 is 20.1 Å². The summed E-state index contributed by atoms with van der Waals surface area (Å²) in [5, 5.41) is 6.58. The van der Waals surface area contributed by atoms with Crippen LogP contribution in [0.25, 0.3) is 0 Å². The van der Waals surface area contributed by atoms with Crippen molar-refractivity contribution in [1.82, 2.24) is 9.97 Å². The van der Waals surface area contributed by atoms with Gasteiger partial charge in [-0.25, -0.2) is 9.97 Å². The second kappa shape index (κ2) is 8.71. The van der Waals surface area contributed by atoms with Crippen molar-refractivity contribution >= 4 is 17.3 Å². The highest BCUT2D eigenvalue weighted by atomic mass is 16.5. The van der Waals surface area contributed by atoms with Gasteiger partial charge in [0.15, 0.2) is 0 Å². The van der Waals surface area contributed by atoms with Gasteiger partial charge in [0.1, 0.15) is 29.5 Å². The standard InChI is InChI=1S/C20H22N4O2/c1-25-17-8-6-15(7-9-17)10-11-21-19-13-20(23-14-22-19)24-16-4-3-5-18(12-16)26-2/h3-9,12-14H,10-11H2,1-2H3,(H2,21,22,23,24). The molecule has 0 aliphatic heterocycles. The molecule has 3 rings (SSSR count). The first-order valence-corrected chi connectivity index (χ1v) is 8.37. The molecule has 26 heavy (non-hydrogen) atoms. The summed E-state index contributed by atoms with van der Waals surface area (Å²) in [7, 11) is 3.32. The van der Waals surface area contributed by atoms with Crippen LogP contribution in [0.15, 0.2) is 60.9 Å². The molecular weight excluding hydrogens is 328 g/mol. The lowest BCUT2D eigenvalue weighted by Gasteiger charge is -2.10. The highest BCUT2D eigenvalue weighted by molar-refractivity contribution is 5.60. The summed E-state index contributed by atoms with van der Waals surface area (Å²) in [4.78, 5) is 8.52. The molecule has 0 aliphatic rings. The van der Waals surface area contributed by atoms with E-state index in [-0.39, 0.29) is 0 Å². The average molecular weight is 350 g/mol. The number of rotatable bonds is 8. The van der Waals surface area contributed by atoms with Crippen LogP contribution in [-0.4, -0.2) is 30.7 Å². The van der Waals surface area contributed by atoms with Crippen LogP contribution in [0.3, 0.4) is 0 Å². The van der Waals surface area contributed by atoms with E-state index in [1.165, 1.54) is 11.9 Å². The van der Waals surface area contributed by atoms with Crippen LogP contribution in [0.1, 0.15) is 5.56 Å². The predicted molar refractivity (Wildman–Crippen MR) is 103 cm³/mol. The summed E-state index contributed by atoms with van der Waals surface area (Å²) >= 11 is 0. The third kappa shape index (κ3) is 4.86. The number of nitrogens with one attached hydrogen (secondary N) is 2. The van der Waals surface area contributed by atoms with Crippen LogP contribution in [0.4, 0.5) is 17.3 Å². The third-order valence-corrected chi connectivity index (χ3v) is 3.89. The topological polar surface area (TPSA) is 68.3 Å². The van der Waals surface area contributed by atoms with Gasteiger partial charge in [0.2, 0.25) is 0 Å². The largest absolute Gasteiger partial charge is 0.497 e. The molecule has 134 valence electrons. The van der Waals surface area contributed by atoms with E-state index >= 15 is 0 Å². The van der Waals surface area contributed by atoms with Gasteiger partial charge in [0.25, 0.3) is 0 Å². The Hall–Kier alpha value is -3.28. The number of hydrogen-bond donors (Lipinski definition) is 2. The first-order valence-electron chi connectivity index (χ1n) is 8.37. The van der Waals surface area contributed by atoms with E-state index in [0.717, 1.165) is 41.8 Å². The zero-order chi connectivity index (χ0) is 18.2.